The molecule has 11 heavy (non-hydrogen) atoms. The van der Waals surface area contributed by atoms with Gasteiger partial charge in [-0.15, -0.1) is 0 Å². The molecular formula is C8H8BrNO. The van der Waals surface area contributed by atoms with Gasteiger partial charge in [-0.3, -0.25) is 0 Å². The lowest BCUT2D eigenvalue weighted by molar-refractivity contribution is -0.416. The van der Waals surface area contributed by atoms with E-state index in [1.165, 1.54) is 13.3 Å². The summed E-state index contributed by atoms with van der Waals surface area (Å²) in [4.78, 5) is 0. The molecular weight excluding hydrogens is 206 g/mol. The maximum atomic E-state index is 10.6. The highest BCUT2D eigenvalue weighted by Gasteiger charge is 1.96. The van der Waals surface area contributed by atoms with E-state index in [0.29, 0.717) is 0 Å². The van der Waals surface area contributed by atoms with E-state index in [-0.39, 0.29) is 0 Å². The van der Waals surface area contributed by atoms with Crippen LogP contribution < -0.4 is 0 Å². The third-order valence-electron chi connectivity index (χ3n) is 1.23. The van der Waals surface area contributed by atoms with Crippen molar-refractivity contribution < 1.29 is 4.74 Å². The van der Waals surface area contributed by atoms with E-state index in [1.807, 2.05) is 24.3 Å². The second-order valence-corrected chi connectivity index (χ2v) is 3.05. The van der Waals surface area contributed by atoms with Crippen LogP contribution in [0.2, 0.25) is 0 Å². The minimum absolute atomic E-state index is 0.778. The summed E-state index contributed by atoms with van der Waals surface area (Å²) in [6.45, 7) is 0. The van der Waals surface area contributed by atoms with Gasteiger partial charge in [0.2, 0.25) is 0 Å². The van der Waals surface area contributed by atoms with E-state index in [0.717, 1.165) is 14.8 Å². The summed E-state index contributed by atoms with van der Waals surface area (Å²) >= 11 is 3.33. The number of hydrogen-bond acceptors (Lipinski definition) is 1. The molecule has 0 aliphatic heterocycles. The zero-order valence-electron chi connectivity index (χ0n) is 6.12. The lowest BCUT2D eigenvalue weighted by atomic mass is 10.2. The zero-order chi connectivity index (χ0) is 8.27. The fourth-order valence-electron chi connectivity index (χ4n) is 0.776. The first-order valence-electron chi connectivity index (χ1n) is 3.19. The predicted octanol–water partition coefficient (Wildman–Crippen LogP) is 2.01. The SMILES string of the molecule is C/[N+]([O-])=C/c1ccccc1Br. The van der Waals surface area contributed by atoms with Crippen molar-refractivity contribution in [3.8, 4) is 0 Å². The highest BCUT2D eigenvalue weighted by atomic mass is 79.9. The molecule has 1 aromatic rings. The molecule has 2 nitrogen and oxygen atoms in total. The molecule has 3 heteroatoms. The van der Waals surface area contributed by atoms with E-state index >= 15 is 0 Å². The van der Waals surface area contributed by atoms with Crippen molar-refractivity contribution >= 4 is 22.1 Å². The van der Waals surface area contributed by atoms with Crippen LogP contribution in [0.5, 0.6) is 0 Å². The summed E-state index contributed by atoms with van der Waals surface area (Å²) in [5, 5.41) is 10.6. The maximum Gasteiger partial charge on any atom is 0.182 e. The summed E-state index contributed by atoms with van der Waals surface area (Å²) in [5.74, 6) is 0. The second-order valence-electron chi connectivity index (χ2n) is 2.20. The molecule has 0 amide bonds. The van der Waals surface area contributed by atoms with Crippen LogP contribution in [0.25, 0.3) is 0 Å². The Morgan fingerprint density at radius 2 is 2.09 bits per heavy atom. The van der Waals surface area contributed by atoms with Gasteiger partial charge in [0, 0.05) is 4.47 Å². The number of benzene rings is 1. The van der Waals surface area contributed by atoms with E-state index in [9.17, 15) is 5.21 Å². The summed E-state index contributed by atoms with van der Waals surface area (Å²) in [6.07, 6.45) is 1.52. The van der Waals surface area contributed by atoms with Crippen molar-refractivity contribution in [2.75, 3.05) is 7.05 Å². The van der Waals surface area contributed by atoms with Crippen LogP contribution in [-0.4, -0.2) is 18.0 Å². The Morgan fingerprint density at radius 1 is 1.45 bits per heavy atom. The molecule has 0 fully saturated rings. The highest BCUT2D eigenvalue weighted by molar-refractivity contribution is 9.10. The Morgan fingerprint density at radius 3 is 2.64 bits per heavy atom. The lowest BCUT2D eigenvalue weighted by Crippen LogP contribution is -1.97. The minimum atomic E-state index is 0.778. The van der Waals surface area contributed by atoms with Crippen molar-refractivity contribution in [3.05, 3.63) is 39.5 Å². The Bertz CT molecular complexity index is 279. The van der Waals surface area contributed by atoms with Gasteiger partial charge in [0.25, 0.3) is 0 Å². The predicted molar refractivity (Wildman–Crippen MR) is 48.9 cm³/mol. The molecule has 0 saturated heterocycles. The van der Waals surface area contributed by atoms with Gasteiger partial charge in [-0.25, -0.2) is 4.74 Å². The van der Waals surface area contributed by atoms with Gasteiger partial charge in [0.1, 0.15) is 7.05 Å². The van der Waals surface area contributed by atoms with Crippen molar-refractivity contribution in [1.29, 1.82) is 0 Å². The zero-order valence-corrected chi connectivity index (χ0v) is 7.71. The summed E-state index contributed by atoms with van der Waals surface area (Å²) in [5.41, 5.74) is 0.894. The largest absolute Gasteiger partial charge is 0.624 e. The third-order valence-corrected chi connectivity index (χ3v) is 1.95. The van der Waals surface area contributed by atoms with E-state index in [1.54, 1.807) is 0 Å². The van der Waals surface area contributed by atoms with Crippen LogP contribution in [0.1, 0.15) is 5.56 Å². The third kappa shape index (κ3) is 2.35. The van der Waals surface area contributed by atoms with Crippen LogP contribution in [0.4, 0.5) is 0 Å². The molecule has 0 aliphatic rings. The first kappa shape index (κ1) is 8.27. The normalized spacial score (nSPS) is 11.6. The Kier molecular flexibility index (Phi) is 2.65. The summed E-state index contributed by atoms with van der Waals surface area (Å²) < 4.78 is 1.71. The second kappa shape index (κ2) is 3.53. The molecule has 58 valence electrons. The maximum absolute atomic E-state index is 10.6. The van der Waals surface area contributed by atoms with E-state index in [4.69, 9.17) is 0 Å². The van der Waals surface area contributed by atoms with Crippen molar-refractivity contribution in [1.82, 2.24) is 0 Å². The van der Waals surface area contributed by atoms with Crippen LogP contribution in [-0.2, 0) is 0 Å². The van der Waals surface area contributed by atoms with Gasteiger partial charge < -0.3 is 5.21 Å². The molecule has 0 spiro atoms. The van der Waals surface area contributed by atoms with E-state index in [2.05, 4.69) is 15.9 Å². The summed E-state index contributed by atoms with van der Waals surface area (Å²) in [6, 6.07) is 7.57. The Balaban J connectivity index is 3.04. The number of hydrogen-bond donors (Lipinski definition) is 0. The van der Waals surface area contributed by atoms with Crippen LogP contribution in [0.15, 0.2) is 28.7 Å². The van der Waals surface area contributed by atoms with Crippen molar-refractivity contribution in [3.63, 3.8) is 0 Å². The van der Waals surface area contributed by atoms with Crippen LogP contribution >= 0.6 is 15.9 Å². The average Bonchev–Trinajstić information content (AvgIpc) is 1.93. The molecule has 0 heterocycles. The molecule has 0 saturated carbocycles. The van der Waals surface area contributed by atoms with Gasteiger partial charge in [-0.2, -0.15) is 0 Å². The van der Waals surface area contributed by atoms with Crippen LogP contribution in [0, 0.1) is 5.21 Å². The molecule has 0 atom stereocenters. The molecule has 0 bridgehead atoms. The first-order chi connectivity index (χ1) is 5.20. The molecule has 0 radical (unpaired) electrons. The Labute approximate surface area is 73.9 Å². The number of hydroxylamine groups is 1. The first-order valence-corrected chi connectivity index (χ1v) is 3.99. The monoisotopic (exact) mass is 213 g/mol. The quantitative estimate of drug-likeness (QED) is 0.304. The lowest BCUT2D eigenvalue weighted by Gasteiger charge is -1.97. The molecule has 1 rings (SSSR count). The number of nitrogens with zero attached hydrogens (tertiary/aromatic N) is 1. The molecule has 1 aromatic carbocycles. The standard InChI is InChI=1S/C8H8BrNO/c1-10(11)6-7-4-2-3-5-8(7)9/h2-6H,1H3/b10-6-. The minimum Gasteiger partial charge on any atom is -0.624 e. The number of rotatable bonds is 1. The summed E-state index contributed by atoms with van der Waals surface area (Å²) in [7, 11) is 1.46. The fourth-order valence-corrected chi connectivity index (χ4v) is 1.16. The van der Waals surface area contributed by atoms with Gasteiger partial charge in [0.05, 0.1) is 5.56 Å². The van der Waals surface area contributed by atoms with Gasteiger partial charge in [-0.05, 0) is 28.1 Å². The van der Waals surface area contributed by atoms with Crippen molar-refractivity contribution in [2.24, 2.45) is 0 Å². The Hall–Kier alpha value is -0.830. The fraction of sp³-hybridized carbons (Fsp3) is 0.125. The van der Waals surface area contributed by atoms with Crippen molar-refractivity contribution in [2.45, 2.75) is 0 Å². The number of halogens is 1. The van der Waals surface area contributed by atoms with Crippen LogP contribution in [0.3, 0.4) is 0 Å². The molecule has 0 N–H and O–H groups in total. The highest BCUT2D eigenvalue weighted by Crippen LogP contribution is 2.12. The topological polar surface area (TPSA) is 26.1 Å². The van der Waals surface area contributed by atoms with Gasteiger partial charge in [-0.1, -0.05) is 12.1 Å². The van der Waals surface area contributed by atoms with Gasteiger partial charge >= 0.3 is 0 Å². The average molecular weight is 214 g/mol. The molecule has 0 unspecified atom stereocenters. The smallest absolute Gasteiger partial charge is 0.182 e. The molecule has 0 aliphatic carbocycles. The van der Waals surface area contributed by atoms with Gasteiger partial charge in [0.15, 0.2) is 6.21 Å². The van der Waals surface area contributed by atoms with E-state index < -0.39 is 0 Å². The molecule has 0 aromatic heterocycles.